The fourth-order valence-corrected chi connectivity index (χ4v) is 1.42. The molecule has 1 fully saturated rings. The van der Waals surface area contributed by atoms with E-state index in [9.17, 15) is 4.79 Å². The third kappa shape index (κ3) is 4.28. The summed E-state index contributed by atoms with van der Waals surface area (Å²) < 4.78 is 5.25. The lowest BCUT2D eigenvalue weighted by molar-refractivity contribution is -0.120. The Bertz CT molecular complexity index is 254. The third-order valence-corrected chi connectivity index (χ3v) is 2.45. The van der Waals surface area contributed by atoms with Crippen LogP contribution < -0.4 is 10.6 Å². The van der Waals surface area contributed by atoms with Gasteiger partial charge < -0.3 is 15.4 Å². The summed E-state index contributed by atoms with van der Waals surface area (Å²) >= 11 is 0. The van der Waals surface area contributed by atoms with Gasteiger partial charge in [0.05, 0.1) is 25.6 Å². The number of nitrogens with zero attached hydrogens (tertiary/aromatic N) is 1. The van der Waals surface area contributed by atoms with Crippen LogP contribution in [-0.2, 0) is 9.53 Å². The molecule has 1 atom stereocenters. The van der Waals surface area contributed by atoms with Gasteiger partial charge in [-0.25, -0.2) is 0 Å². The Labute approximate surface area is 89.8 Å². The van der Waals surface area contributed by atoms with E-state index in [-0.39, 0.29) is 18.0 Å². The Morgan fingerprint density at radius 2 is 2.47 bits per heavy atom. The minimum absolute atomic E-state index is 0.0709. The SMILES string of the molecule is CC1(NCC(=O)NCCC#N)CCOC1. The molecule has 1 amide bonds. The highest BCUT2D eigenvalue weighted by molar-refractivity contribution is 5.78. The van der Waals surface area contributed by atoms with Crippen LogP contribution in [0.2, 0.25) is 0 Å². The Morgan fingerprint density at radius 1 is 1.67 bits per heavy atom. The number of ether oxygens (including phenoxy) is 1. The van der Waals surface area contributed by atoms with Crippen molar-refractivity contribution in [3.63, 3.8) is 0 Å². The van der Waals surface area contributed by atoms with Crippen LogP contribution in [0.15, 0.2) is 0 Å². The second kappa shape index (κ2) is 5.69. The van der Waals surface area contributed by atoms with Crippen molar-refractivity contribution in [2.75, 3.05) is 26.3 Å². The van der Waals surface area contributed by atoms with Gasteiger partial charge >= 0.3 is 0 Å². The van der Waals surface area contributed by atoms with E-state index in [2.05, 4.69) is 10.6 Å². The van der Waals surface area contributed by atoms with Crippen LogP contribution in [0.5, 0.6) is 0 Å². The van der Waals surface area contributed by atoms with Crippen molar-refractivity contribution in [3.05, 3.63) is 0 Å². The highest BCUT2D eigenvalue weighted by Crippen LogP contribution is 2.16. The summed E-state index contributed by atoms with van der Waals surface area (Å²) in [5, 5.41) is 14.1. The van der Waals surface area contributed by atoms with Crippen molar-refractivity contribution in [2.24, 2.45) is 0 Å². The van der Waals surface area contributed by atoms with Crippen molar-refractivity contribution < 1.29 is 9.53 Å². The summed E-state index contributed by atoms with van der Waals surface area (Å²) in [5.41, 5.74) is -0.0768. The van der Waals surface area contributed by atoms with E-state index in [1.807, 2.05) is 13.0 Å². The first-order valence-corrected chi connectivity index (χ1v) is 5.13. The Hall–Kier alpha value is -1.12. The van der Waals surface area contributed by atoms with Crippen molar-refractivity contribution in [3.8, 4) is 6.07 Å². The van der Waals surface area contributed by atoms with Crippen LogP contribution in [0.25, 0.3) is 0 Å². The molecule has 0 bridgehead atoms. The van der Waals surface area contributed by atoms with Crippen molar-refractivity contribution in [2.45, 2.75) is 25.3 Å². The molecule has 84 valence electrons. The average Bonchev–Trinajstić information content (AvgIpc) is 2.64. The van der Waals surface area contributed by atoms with E-state index in [0.29, 0.717) is 19.6 Å². The number of nitriles is 1. The first kappa shape index (κ1) is 12.0. The summed E-state index contributed by atoms with van der Waals surface area (Å²) in [6.07, 6.45) is 1.28. The smallest absolute Gasteiger partial charge is 0.234 e. The molecule has 0 saturated carbocycles. The lowest BCUT2D eigenvalue weighted by Gasteiger charge is -2.23. The van der Waals surface area contributed by atoms with Crippen molar-refractivity contribution in [1.82, 2.24) is 10.6 Å². The molecule has 1 aliphatic heterocycles. The fraction of sp³-hybridized carbons (Fsp3) is 0.800. The summed E-state index contributed by atoms with van der Waals surface area (Å²) in [7, 11) is 0. The standard InChI is InChI=1S/C10H17N3O2/c1-10(3-6-15-8-10)13-7-9(14)12-5-2-4-11/h13H,2-3,5-8H2,1H3,(H,12,14). The van der Waals surface area contributed by atoms with E-state index in [1.54, 1.807) is 0 Å². The lowest BCUT2D eigenvalue weighted by atomic mass is 10.0. The number of hydrogen-bond acceptors (Lipinski definition) is 4. The first-order chi connectivity index (χ1) is 7.16. The predicted molar refractivity (Wildman–Crippen MR) is 55.1 cm³/mol. The lowest BCUT2D eigenvalue weighted by Crippen LogP contribution is -2.47. The predicted octanol–water partition coefficient (Wildman–Crippen LogP) is -0.215. The maximum atomic E-state index is 11.3. The molecule has 5 nitrogen and oxygen atoms in total. The van der Waals surface area contributed by atoms with Gasteiger partial charge in [-0.15, -0.1) is 0 Å². The zero-order valence-electron chi connectivity index (χ0n) is 9.01. The Balaban J connectivity index is 2.13. The molecule has 1 unspecified atom stereocenters. The molecule has 15 heavy (non-hydrogen) atoms. The molecule has 2 N–H and O–H groups in total. The molecule has 1 saturated heterocycles. The first-order valence-electron chi connectivity index (χ1n) is 5.13. The summed E-state index contributed by atoms with van der Waals surface area (Å²) in [6.45, 7) is 4.15. The minimum Gasteiger partial charge on any atom is -0.379 e. The number of amides is 1. The maximum absolute atomic E-state index is 11.3. The van der Waals surface area contributed by atoms with E-state index in [1.165, 1.54) is 0 Å². The average molecular weight is 211 g/mol. The van der Waals surface area contributed by atoms with Crippen molar-refractivity contribution in [1.29, 1.82) is 5.26 Å². The normalized spacial score (nSPS) is 24.8. The van der Waals surface area contributed by atoms with E-state index < -0.39 is 0 Å². The quantitative estimate of drug-likeness (QED) is 0.617. The number of rotatable bonds is 5. The molecule has 0 aromatic carbocycles. The van der Waals surface area contributed by atoms with Gasteiger partial charge in [-0.1, -0.05) is 0 Å². The van der Waals surface area contributed by atoms with E-state index >= 15 is 0 Å². The number of hydrogen-bond donors (Lipinski definition) is 2. The fourth-order valence-electron chi connectivity index (χ4n) is 1.42. The van der Waals surface area contributed by atoms with Gasteiger partial charge in [-0.3, -0.25) is 4.79 Å². The molecule has 0 aromatic rings. The number of nitrogens with one attached hydrogen (secondary N) is 2. The second-order valence-electron chi connectivity index (χ2n) is 3.97. The molecular weight excluding hydrogens is 194 g/mol. The van der Waals surface area contributed by atoms with Gasteiger partial charge in [0.2, 0.25) is 5.91 Å². The van der Waals surface area contributed by atoms with Crippen LogP contribution in [-0.4, -0.2) is 37.7 Å². The topological polar surface area (TPSA) is 74.2 Å². The van der Waals surface area contributed by atoms with Gasteiger partial charge in [0.1, 0.15) is 0 Å². The Morgan fingerprint density at radius 3 is 3.07 bits per heavy atom. The highest BCUT2D eigenvalue weighted by Gasteiger charge is 2.29. The summed E-state index contributed by atoms with van der Waals surface area (Å²) in [4.78, 5) is 11.3. The highest BCUT2D eigenvalue weighted by atomic mass is 16.5. The van der Waals surface area contributed by atoms with Crippen LogP contribution in [0.4, 0.5) is 0 Å². The van der Waals surface area contributed by atoms with Gasteiger partial charge in [0, 0.05) is 18.7 Å². The zero-order chi connectivity index (χ0) is 11.1. The molecule has 0 aliphatic carbocycles. The molecule has 0 spiro atoms. The molecule has 1 aliphatic rings. The number of carbonyl (C=O) groups excluding carboxylic acids is 1. The van der Waals surface area contributed by atoms with Crippen LogP contribution >= 0.6 is 0 Å². The van der Waals surface area contributed by atoms with Gasteiger partial charge in [-0.2, -0.15) is 5.26 Å². The molecule has 1 rings (SSSR count). The summed E-state index contributed by atoms with van der Waals surface area (Å²) in [5.74, 6) is -0.0709. The van der Waals surface area contributed by atoms with Gasteiger partial charge in [0.15, 0.2) is 0 Å². The van der Waals surface area contributed by atoms with Crippen LogP contribution in [0.3, 0.4) is 0 Å². The second-order valence-corrected chi connectivity index (χ2v) is 3.97. The summed E-state index contributed by atoms with van der Waals surface area (Å²) in [6, 6.07) is 1.97. The van der Waals surface area contributed by atoms with E-state index in [4.69, 9.17) is 10.00 Å². The van der Waals surface area contributed by atoms with Crippen LogP contribution in [0, 0.1) is 11.3 Å². The zero-order valence-corrected chi connectivity index (χ0v) is 9.01. The van der Waals surface area contributed by atoms with Crippen LogP contribution in [0.1, 0.15) is 19.8 Å². The van der Waals surface area contributed by atoms with E-state index in [0.717, 1.165) is 13.0 Å². The molecule has 5 heteroatoms. The Kier molecular flexibility index (Phi) is 4.53. The molecule has 0 radical (unpaired) electrons. The maximum Gasteiger partial charge on any atom is 0.234 e. The van der Waals surface area contributed by atoms with Gasteiger partial charge in [0.25, 0.3) is 0 Å². The third-order valence-electron chi connectivity index (χ3n) is 2.45. The molecule has 1 heterocycles. The molecular formula is C10H17N3O2. The van der Waals surface area contributed by atoms with Gasteiger partial charge in [-0.05, 0) is 13.3 Å². The number of carbonyl (C=O) groups is 1. The van der Waals surface area contributed by atoms with Crippen molar-refractivity contribution >= 4 is 5.91 Å². The largest absolute Gasteiger partial charge is 0.379 e. The monoisotopic (exact) mass is 211 g/mol. The minimum atomic E-state index is -0.0768. The molecule has 0 aromatic heterocycles.